The largest absolute Gasteiger partial charge is 0.477 e. The summed E-state index contributed by atoms with van der Waals surface area (Å²) in [7, 11) is 0. The summed E-state index contributed by atoms with van der Waals surface area (Å²) in [6, 6.07) is 0. The SMILES string of the molecule is Cc1nc(CNC(=O)CCn2ccnc2)sc1C(=O)O. The van der Waals surface area contributed by atoms with Crippen molar-refractivity contribution in [2.45, 2.75) is 26.4 Å². The van der Waals surface area contributed by atoms with Crippen molar-refractivity contribution in [3.8, 4) is 0 Å². The number of carboxylic acids is 1. The van der Waals surface area contributed by atoms with Crippen LogP contribution in [0.25, 0.3) is 0 Å². The second-order valence-electron chi connectivity index (χ2n) is 4.15. The normalized spacial score (nSPS) is 10.4. The van der Waals surface area contributed by atoms with Gasteiger partial charge >= 0.3 is 5.97 Å². The average Bonchev–Trinajstić information content (AvgIpc) is 3.03. The quantitative estimate of drug-likeness (QED) is 0.830. The number of nitrogens with zero attached hydrogens (tertiary/aromatic N) is 3. The zero-order chi connectivity index (χ0) is 14.5. The number of aromatic carboxylic acids is 1. The first-order valence-electron chi connectivity index (χ1n) is 5.98. The fourth-order valence-corrected chi connectivity index (χ4v) is 2.48. The second-order valence-corrected chi connectivity index (χ2v) is 5.24. The topological polar surface area (TPSA) is 97.1 Å². The van der Waals surface area contributed by atoms with Crippen LogP contribution in [-0.2, 0) is 17.9 Å². The van der Waals surface area contributed by atoms with Gasteiger partial charge in [0.25, 0.3) is 0 Å². The highest BCUT2D eigenvalue weighted by molar-refractivity contribution is 7.13. The summed E-state index contributed by atoms with van der Waals surface area (Å²) >= 11 is 1.08. The van der Waals surface area contributed by atoms with Crippen LogP contribution in [0.4, 0.5) is 0 Å². The maximum absolute atomic E-state index is 11.7. The zero-order valence-electron chi connectivity index (χ0n) is 10.9. The number of hydrogen-bond donors (Lipinski definition) is 2. The van der Waals surface area contributed by atoms with Crippen molar-refractivity contribution in [2.24, 2.45) is 0 Å². The van der Waals surface area contributed by atoms with Crippen molar-refractivity contribution in [3.63, 3.8) is 0 Å². The van der Waals surface area contributed by atoms with Gasteiger partial charge in [-0.1, -0.05) is 0 Å². The summed E-state index contributed by atoms with van der Waals surface area (Å²) < 4.78 is 1.82. The Morgan fingerprint density at radius 3 is 2.90 bits per heavy atom. The van der Waals surface area contributed by atoms with Crippen LogP contribution < -0.4 is 5.32 Å². The molecule has 0 aliphatic rings. The van der Waals surface area contributed by atoms with E-state index >= 15 is 0 Å². The standard InChI is InChI=1S/C12H14N4O3S/c1-8-11(12(18)19)20-10(15-8)6-14-9(17)2-4-16-5-3-13-7-16/h3,5,7H,2,4,6H2,1H3,(H,14,17)(H,18,19). The molecule has 0 fully saturated rings. The second kappa shape index (κ2) is 6.29. The Kier molecular flexibility index (Phi) is 4.46. The molecule has 0 saturated heterocycles. The van der Waals surface area contributed by atoms with E-state index in [1.54, 1.807) is 25.6 Å². The third-order valence-corrected chi connectivity index (χ3v) is 3.77. The molecule has 2 N–H and O–H groups in total. The third-order valence-electron chi connectivity index (χ3n) is 2.63. The number of aryl methyl sites for hydroxylation is 2. The molecule has 0 saturated carbocycles. The summed E-state index contributed by atoms with van der Waals surface area (Å²) in [5, 5.41) is 12.2. The van der Waals surface area contributed by atoms with Crippen molar-refractivity contribution in [2.75, 3.05) is 0 Å². The molecule has 0 spiro atoms. The van der Waals surface area contributed by atoms with E-state index in [9.17, 15) is 9.59 Å². The minimum atomic E-state index is -0.988. The van der Waals surface area contributed by atoms with E-state index in [-0.39, 0.29) is 17.3 Å². The lowest BCUT2D eigenvalue weighted by molar-refractivity contribution is -0.121. The van der Waals surface area contributed by atoms with Gasteiger partial charge in [0.1, 0.15) is 9.88 Å². The lowest BCUT2D eigenvalue weighted by Gasteiger charge is -2.03. The number of thiazole rings is 1. The lowest BCUT2D eigenvalue weighted by Crippen LogP contribution is -2.23. The number of hydrogen-bond acceptors (Lipinski definition) is 5. The van der Waals surface area contributed by atoms with Crippen LogP contribution in [0.2, 0.25) is 0 Å². The van der Waals surface area contributed by atoms with Gasteiger partial charge in [0.05, 0.1) is 18.6 Å². The highest BCUT2D eigenvalue weighted by Crippen LogP contribution is 2.17. The van der Waals surface area contributed by atoms with Crippen LogP contribution in [-0.4, -0.2) is 31.5 Å². The van der Waals surface area contributed by atoms with E-state index in [4.69, 9.17) is 5.11 Å². The van der Waals surface area contributed by atoms with Crippen molar-refractivity contribution < 1.29 is 14.7 Å². The summed E-state index contributed by atoms with van der Waals surface area (Å²) in [5.41, 5.74) is 0.477. The monoisotopic (exact) mass is 294 g/mol. The number of nitrogens with one attached hydrogen (secondary N) is 1. The number of amides is 1. The predicted octanol–water partition coefficient (Wildman–Crippen LogP) is 1.05. The number of aromatic nitrogens is 3. The fourth-order valence-electron chi connectivity index (χ4n) is 1.64. The Morgan fingerprint density at radius 1 is 1.50 bits per heavy atom. The van der Waals surface area contributed by atoms with E-state index in [0.29, 0.717) is 23.7 Å². The first-order chi connectivity index (χ1) is 9.56. The summed E-state index contributed by atoms with van der Waals surface area (Å²) in [6.45, 7) is 2.45. The van der Waals surface area contributed by atoms with Gasteiger partial charge in [-0.25, -0.2) is 14.8 Å². The molecule has 1 amide bonds. The van der Waals surface area contributed by atoms with Gasteiger partial charge in [-0.3, -0.25) is 4.79 Å². The van der Waals surface area contributed by atoms with Crippen LogP contribution in [0.1, 0.15) is 26.8 Å². The van der Waals surface area contributed by atoms with Crippen molar-refractivity contribution in [1.29, 1.82) is 0 Å². The molecule has 2 aromatic heterocycles. The molecule has 0 atom stereocenters. The van der Waals surface area contributed by atoms with Gasteiger partial charge in [0, 0.05) is 25.4 Å². The van der Waals surface area contributed by atoms with E-state index < -0.39 is 5.97 Å². The summed E-state index contributed by atoms with van der Waals surface area (Å²) in [4.78, 5) is 30.8. The molecule has 2 aromatic rings. The fraction of sp³-hybridized carbons (Fsp3) is 0.333. The van der Waals surface area contributed by atoms with Gasteiger partial charge in [-0.15, -0.1) is 11.3 Å². The minimum Gasteiger partial charge on any atom is -0.477 e. The van der Waals surface area contributed by atoms with Crippen LogP contribution in [0.3, 0.4) is 0 Å². The lowest BCUT2D eigenvalue weighted by atomic mass is 10.4. The number of rotatable bonds is 6. The molecule has 0 unspecified atom stereocenters. The van der Waals surface area contributed by atoms with Crippen molar-refractivity contribution in [3.05, 3.63) is 34.3 Å². The van der Waals surface area contributed by atoms with Crippen LogP contribution in [0.15, 0.2) is 18.7 Å². The van der Waals surface area contributed by atoms with Gasteiger partial charge < -0.3 is 15.0 Å². The molecular formula is C12H14N4O3S. The number of carboxylic acid groups (broad SMARTS) is 1. The van der Waals surface area contributed by atoms with Crippen LogP contribution in [0, 0.1) is 6.92 Å². The highest BCUT2D eigenvalue weighted by Gasteiger charge is 2.14. The summed E-state index contributed by atoms with van der Waals surface area (Å²) in [6.07, 6.45) is 5.43. The first kappa shape index (κ1) is 14.2. The maximum Gasteiger partial charge on any atom is 0.347 e. The van der Waals surface area contributed by atoms with E-state index in [1.807, 2.05) is 4.57 Å². The molecule has 8 heteroatoms. The molecule has 0 aliphatic heterocycles. The van der Waals surface area contributed by atoms with E-state index in [0.717, 1.165) is 11.3 Å². The molecular weight excluding hydrogens is 280 g/mol. The molecule has 20 heavy (non-hydrogen) atoms. The summed E-state index contributed by atoms with van der Waals surface area (Å²) in [5.74, 6) is -1.10. The van der Waals surface area contributed by atoms with Crippen LogP contribution in [0.5, 0.6) is 0 Å². The molecule has 0 aromatic carbocycles. The molecule has 0 radical (unpaired) electrons. The molecule has 0 bridgehead atoms. The van der Waals surface area contributed by atoms with Gasteiger partial charge in [-0.2, -0.15) is 0 Å². The molecule has 106 valence electrons. The molecule has 7 nitrogen and oxygen atoms in total. The number of imidazole rings is 1. The van der Waals surface area contributed by atoms with E-state index in [2.05, 4.69) is 15.3 Å². The van der Waals surface area contributed by atoms with E-state index in [1.165, 1.54) is 0 Å². The molecule has 0 aliphatic carbocycles. The Balaban J connectivity index is 1.81. The Hall–Kier alpha value is -2.22. The van der Waals surface area contributed by atoms with Gasteiger partial charge in [0.2, 0.25) is 5.91 Å². The van der Waals surface area contributed by atoms with Crippen molar-refractivity contribution in [1.82, 2.24) is 19.9 Å². The van der Waals surface area contributed by atoms with Crippen LogP contribution >= 0.6 is 11.3 Å². The third kappa shape index (κ3) is 3.64. The predicted molar refractivity (Wildman–Crippen MR) is 72.5 cm³/mol. The first-order valence-corrected chi connectivity index (χ1v) is 6.80. The smallest absolute Gasteiger partial charge is 0.347 e. The molecule has 2 rings (SSSR count). The van der Waals surface area contributed by atoms with Crippen molar-refractivity contribution >= 4 is 23.2 Å². The zero-order valence-corrected chi connectivity index (χ0v) is 11.7. The van der Waals surface area contributed by atoms with Gasteiger partial charge in [0.15, 0.2) is 0 Å². The Bertz CT molecular complexity index is 606. The van der Waals surface area contributed by atoms with Gasteiger partial charge in [-0.05, 0) is 6.92 Å². The number of carbonyl (C=O) groups excluding carboxylic acids is 1. The minimum absolute atomic E-state index is 0.108. The number of carbonyl (C=O) groups is 2. The highest BCUT2D eigenvalue weighted by atomic mass is 32.1. The maximum atomic E-state index is 11.7. The molecule has 2 heterocycles. The Labute approximate surface area is 119 Å². The Morgan fingerprint density at radius 2 is 2.30 bits per heavy atom. The average molecular weight is 294 g/mol.